The van der Waals surface area contributed by atoms with E-state index in [0.29, 0.717) is 6.42 Å². The Labute approximate surface area is 231 Å². The highest BCUT2D eigenvalue weighted by molar-refractivity contribution is 7.89. The first-order chi connectivity index (χ1) is 18.7. The fourth-order valence-corrected chi connectivity index (χ4v) is 5.60. The lowest BCUT2D eigenvalue weighted by Gasteiger charge is -2.36. The van der Waals surface area contributed by atoms with Crippen LogP contribution in [0.2, 0.25) is 0 Å². The molecule has 39 heavy (non-hydrogen) atoms. The molecular weight excluding hydrogens is 520 g/mol. The monoisotopic (exact) mass is 560 g/mol. The van der Waals surface area contributed by atoms with E-state index in [1.54, 1.807) is 4.90 Å². The van der Waals surface area contributed by atoms with E-state index in [-0.39, 0.29) is 69.6 Å². The van der Waals surface area contributed by atoms with Crippen molar-refractivity contribution < 1.29 is 27.5 Å². The summed E-state index contributed by atoms with van der Waals surface area (Å²) in [4.78, 5) is 27.1. The summed E-state index contributed by atoms with van der Waals surface area (Å²) in [5.41, 5.74) is 8.05. The molecular formula is C28H40N4O6S. The molecule has 1 aliphatic rings. The number of nitrogens with zero attached hydrogens (tertiary/aromatic N) is 2. The third-order valence-corrected chi connectivity index (χ3v) is 8.36. The van der Waals surface area contributed by atoms with Crippen LogP contribution in [-0.4, -0.2) is 86.9 Å². The topological polar surface area (TPSA) is 131 Å². The van der Waals surface area contributed by atoms with Gasteiger partial charge >= 0.3 is 6.09 Å². The maximum atomic E-state index is 13.2. The van der Waals surface area contributed by atoms with Crippen LogP contribution >= 0.6 is 0 Å². The number of ether oxygens (including phenoxy) is 2. The highest BCUT2D eigenvalue weighted by Crippen LogP contribution is 2.13. The van der Waals surface area contributed by atoms with Crippen LogP contribution in [0.1, 0.15) is 25.0 Å². The number of carbonyl (C=O) groups is 2. The van der Waals surface area contributed by atoms with Gasteiger partial charge in [-0.2, -0.15) is 4.31 Å². The minimum atomic E-state index is -3.54. The van der Waals surface area contributed by atoms with Gasteiger partial charge in [-0.25, -0.2) is 13.2 Å². The van der Waals surface area contributed by atoms with Gasteiger partial charge in [-0.05, 0) is 23.5 Å². The Morgan fingerprint density at radius 1 is 0.949 bits per heavy atom. The van der Waals surface area contributed by atoms with Gasteiger partial charge in [-0.3, -0.25) is 4.79 Å². The summed E-state index contributed by atoms with van der Waals surface area (Å²) in [7, 11) is -3.54. The van der Waals surface area contributed by atoms with Crippen molar-refractivity contribution in [2.75, 3.05) is 45.1 Å². The molecule has 1 heterocycles. The smallest absolute Gasteiger partial charge is 0.408 e. The zero-order valence-corrected chi connectivity index (χ0v) is 23.5. The van der Waals surface area contributed by atoms with E-state index in [0.717, 1.165) is 11.1 Å². The fourth-order valence-electron chi connectivity index (χ4n) is 4.29. The van der Waals surface area contributed by atoms with Crippen molar-refractivity contribution in [1.82, 2.24) is 14.5 Å². The molecule has 0 aromatic heterocycles. The lowest BCUT2D eigenvalue weighted by molar-refractivity contribution is -0.135. The van der Waals surface area contributed by atoms with Crippen molar-refractivity contribution >= 4 is 22.0 Å². The van der Waals surface area contributed by atoms with Crippen molar-refractivity contribution in [2.45, 2.75) is 39.0 Å². The molecule has 1 aliphatic heterocycles. The highest BCUT2D eigenvalue weighted by atomic mass is 32.2. The number of benzene rings is 2. The van der Waals surface area contributed by atoms with Gasteiger partial charge in [-0.15, -0.1) is 0 Å². The summed E-state index contributed by atoms with van der Waals surface area (Å²) in [5, 5.41) is 2.67. The van der Waals surface area contributed by atoms with Gasteiger partial charge in [0, 0.05) is 32.2 Å². The average molecular weight is 561 g/mol. The molecule has 10 nitrogen and oxygen atoms in total. The molecule has 214 valence electrons. The quantitative estimate of drug-likeness (QED) is 0.358. The van der Waals surface area contributed by atoms with Gasteiger partial charge in [0.05, 0.1) is 19.0 Å². The largest absolute Gasteiger partial charge is 0.445 e. The number of rotatable bonds is 13. The first kappa shape index (κ1) is 30.6. The number of piperazine rings is 1. The third kappa shape index (κ3) is 9.92. The number of carbonyl (C=O) groups excluding carboxylic acids is 2. The van der Waals surface area contributed by atoms with E-state index in [4.69, 9.17) is 15.2 Å². The number of alkyl carbamates (subject to hydrolysis) is 1. The van der Waals surface area contributed by atoms with Crippen LogP contribution in [0.4, 0.5) is 4.79 Å². The minimum absolute atomic E-state index is 0.0500. The third-order valence-electron chi connectivity index (χ3n) is 6.52. The molecule has 0 aliphatic carbocycles. The van der Waals surface area contributed by atoms with Crippen LogP contribution in [0.5, 0.6) is 0 Å². The lowest BCUT2D eigenvalue weighted by Crippen LogP contribution is -2.57. The Morgan fingerprint density at radius 3 is 2.13 bits per heavy atom. The normalized spacial score (nSPS) is 16.1. The Morgan fingerprint density at radius 2 is 1.54 bits per heavy atom. The Balaban J connectivity index is 1.40. The maximum Gasteiger partial charge on any atom is 0.408 e. The predicted octanol–water partition coefficient (Wildman–Crippen LogP) is 2.00. The van der Waals surface area contributed by atoms with E-state index in [1.807, 2.05) is 74.5 Å². The van der Waals surface area contributed by atoms with Gasteiger partial charge in [0.25, 0.3) is 0 Å². The zero-order chi connectivity index (χ0) is 28.3. The average Bonchev–Trinajstić information content (AvgIpc) is 2.93. The first-order valence-corrected chi connectivity index (χ1v) is 14.9. The number of hydrogen-bond donors (Lipinski definition) is 2. The van der Waals surface area contributed by atoms with Gasteiger partial charge in [-0.1, -0.05) is 74.5 Å². The molecule has 3 rings (SSSR count). The molecule has 1 fully saturated rings. The molecule has 1 saturated heterocycles. The molecule has 11 heteroatoms. The summed E-state index contributed by atoms with van der Waals surface area (Å²) in [5.74, 6) is -0.578. The number of nitrogens with one attached hydrogen (secondary N) is 1. The zero-order valence-electron chi connectivity index (χ0n) is 22.7. The van der Waals surface area contributed by atoms with Crippen LogP contribution in [-0.2, 0) is 37.3 Å². The van der Waals surface area contributed by atoms with Crippen LogP contribution in [0.3, 0.4) is 0 Å². The van der Waals surface area contributed by atoms with Crippen LogP contribution in [0.25, 0.3) is 0 Å². The van der Waals surface area contributed by atoms with E-state index >= 15 is 0 Å². The molecule has 0 saturated carbocycles. The predicted molar refractivity (Wildman–Crippen MR) is 149 cm³/mol. The van der Waals surface area contributed by atoms with Crippen molar-refractivity contribution in [2.24, 2.45) is 11.7 Å². The van der Waals surface area contributed by atoms with Gasteiger partial charge in [0.1, 0.15) is 12.6 Å². The van der Waals surface area contributed by atoms with Crippen molar-refractivity contribution in [3.8, 4) is 0 Å². The molecule has 3 N–H and O–H groups in total. The summed E-state index contributed by atoms with van der Waals surface area (Å²) in [6.45, 7) is 4.95. The van der Waals surface area contributed by atoms with Gasteiger partial charge in [0.15, 0.2) is 0 Å². The molecule has 2 amide bonds. The Bertz CT molecular complexity index is 1140. The lowest BCUT2D eigenvalue weighted by atomic mass is 10.0. The van der Waals surface area contributed by atoms with Crippen LogP contribution in [0.15, 0.2) is 60.7 Å². The van der Waals surface area contributed by atoms with Gasteiger partial charge in [0.2, 0.25) is 15.9 Å². The van der Waals surface area contributed by atoms with Crippen molar-refractivity contribution in [3.63, 3.8) is 0 Å². The number of nitrogens with two attached hydrogens (primary N) is 1. The summed E-state index contributed by atoms with van der Waals surface area (Å²) < 4.78 is 37.8. The summed E-state index contributed by atoms with van der Waals surface area (Å²) in [6, 6.07) is 18.1. The molecule has 0 bridgehead atoms. The highest BCUT2D eigenvalue weighted by Gasteiger charge is 2.33. The fraction of sp³-hybridized carbons (Fsp3) is 0.500. The molecule has 2 aromatic carbocycles. The molecule has 1 unspecified atom stereocenters. The molecule has 2 aromatic rings. The SMILES string of the molecule is CC(C)[C@H](NC(=O)OCc1ccccc1)C(=O)N1CCN(S(=O)(=O)CCOCC(N)Cc2ccccc2)CC1. The van der Waals surface area contributed by atoms with Crippen LogP contribution < -0.4 is 11.1 Å². The van der Waals surface area contributed by atoms with E-state index < -0.39 is 22.2 Å². The summed E-state index contributed by atoms with van der Waals surface area (Å²) >= 11 is 0. The standard InChI is InChI=1S/C28H40N4O6S/c1-22(2)26(30-28(34)38-20-24-11-7-4-8-12-24)27(33)31-13-15-32(16-14-31)39(35,36)18-17-37-21-25(29)19-23-9-5-3-6-10-23/h3-12,22,25-26H,13-21,29H2,1-2H3,(H,30,34)/t25?,26-/m0/s1. The second kappa shape index (κ2) is 15.0. The number of sulfonamides is 1. The molecule has 0 radical (unpaired) electrons. The van der Waals surface area contributed by atoms with E-state index in [1.165, 1.54) is 4.31 Å². The van der Waals surface area contributed by atoms with E-state index in [2.05, 4.69) is 5.32 Å². The van der Waals surface area contributed by atoms with Gasteiger partial charge < -0.3 is 25.4 Å². The second-order valence-electron chi connectivity index (χ2n) is 9.99. The van der Waals surface area contributed by atoms with Crippen molar-refractivity contribution in [1.29, 1.82) is 0 Å². The molecule has 0 spiro atoms. The Hall–Kier alpha value is -2.99. The molecule has 2 atom stereocenters. The summed E-state index contributed by atoms with van der Waals surface area (Å²) in [6.07, 6.45) is -0.0174. The number of amides is 2. The Kier molecular flexibility index (Phi) is 11.7. The minimum Gasteiger partial charge on any atom is -0.445 e. The van der Waals surface area contributed by atoms with E-state index in [9.17, 15) is 18.0 Å². The first-order valence-electron chi connectivity index (χ1n) is 13.3. The van der Waals surface area contributed by atoms with Crippen LogP contribution in [0, 0.1) is 5.92 Å². The maximum absolute atomic E-state index is 13.2. The second-order valence-corrected chi connectivity index (χ2v) is 12.1. The van der Waals surface area contributed by atoms with Crippen molar-refractivity contribution in [3.05, 3.63) is 71.8 Å². The number of hydrogen-bond acceptors (Lipinski definition) is 7.